The molecule has 1 aliphatic rings. The van der Waals surface area contributed by atoms with Gasteiger partial charge in [-0.15, -0.1) is 11.3 Å². The molecular formula is C16H21N9O8S2. The summed E-state index contributed by atoms with van der Waals surface area (Å²) < 4.78 is 34.2. The van der Waals surface area contributed by atoms with Gasteiger partial charge in [-0.3, -0.25) is 18.8 Å². The fraction of sp³-hybridized carbons (Fsp3) is 0.438. The fourth-order valence-corrected chi connectivity index (χ4v) is 4.28. The van der Waals surface area contributed by atoms with Crippen LogP contribution in [0.25, 0.3) is 0 Å². The molecular weight excluding hydrogens is 510 g/mol. The van der Waals surface area contributed by atoms with Crippen LogP contribution < -0.4 is 16.8 Å². The molecule has 17 nitrogen and oxygen atoms in total. The van der Waals surface area contributed by atoms with Crippen molar-refractivity contribution in [2.75, 3.05) is 5.73 Å². The van der Waals surface area contributed by atoms with E-state index in [0.717, 1.165) is 11.3 Å². The lowest BCUT2D eigenvalue weighted by Gasteiger charge is -2.43. The smallest absolute Gasteiger partial charge is 0.362 e. The highest BCUT2D eigenvalue weighted by Gasteiger charge is 2.54. The predicted octanol–water partition coefficient (Wildman–Crippen LogP) is -2.44. The number of carbonyl (C=O) groups is 3. The molecule has 3 rings (SSSR count). The molecule has 1 aliphatic heterocycles. The Hall–Kier alpha value is -3.68. The maximum Gasteiger partial charge on any atom is 0.362 e. The van der Waals surface area contributed by atoms with Crippen LogP contribution in [0, 0.1) is 0 Å². The normalized spacial score (nSPS) is 18.8. The fourth-order valence-electron chi connectivity index (χ4n) is 2.86. The summed E-state index contributed by atoms with van der Waals surface area (Å²) in [6.07, 6.45) is 1.23. The van der Waals surface area contributed by atoms with Crippen molar-refractivity contribution in [3.8, 4) is 0 Å². The molecule has 0 aliphatic carbocycles. The van der Waals surface area contributed by atoms with Gasteiger partial charge in [0.25, 0.3) is 11.8 Å². The molecule has 2 atom stereocenters. The van der Waals surface area contributed by atoms with Gasteiger partial charge in [0, 0.05) is 5.38 Å². The van der Waals surface area contributed by atoms with E-state index in [1.807, 2.05) is 0 Å². The Labute approximate surface area is 201 Å². The molecule has 0 aromatic carbocycles. The van der Waals surface area contributed by atoms with Crippen molar-refractivity contribution in [1.29, 1.82) is 0 Å². The summed E-state index contributed by atoms with van der Waals surface area (Å²) in [5, 5.41) is 20.5. The van der Waals surface area contributed by atoms with Crippen LogP contribution in [0.3, 0.4) is 0 Å². The molecule has 35 heavy (non-hydrogen) atoms. The Morgan fingerprint density at radius 3 is 2.60 bits per heavy atom. The Morgan fingerprint density at radius 2 is 2.09 bits per heavy atom. The van der Waals surface area contributed by atoms with Crippen LogP contribution in [0.2, 0.25) is 0 Å². The number of nitrogens with zero attached hydrogens (tertiary/aromatic N) is 6. The number of thiazole rings is 1. The zero-order valence-electron chi connectivity index (χ0n) is 18.2. The van der Waals surface area contributed by atoms with E-state index in [9.17, 15) is 32.5 Å². The topological polar surface area (TPSA) is 258 Å². The summed E-state index contributed by atoms with van der Waals surface area (Å²) in [6.45, 7) is 2.10. The van der Waals surface area contributed by atoms with Crippen LogP contribution in [0.1, 0.15) is 25.4 Å². The first-order valence-corrected chi connectivity index (χ1v) is 11.9. The lowest BCUT2D eigenvalue weighted by atomic mass is 9.98. The number of carboxylic acid groups (broad SMARTS) is 1. The minimum Gasteiger partial charge on any atom is -0.478 e. The monoisotopic (exact) mass is 531 g/mol. The van der Waals surface area contributed by atoms with E-state index in [1.165, 1.54) is 30.2 Å². The van der Waals surface area contributed by atoms with Gasteiger partial charge in [0.05, 0.1) is 19.1 Å². The van der Waals surface area contributed by atoms with Crippen LogP contribution in [0.4, 0.5) is 5.13 Å². The number of carboxylic acids is 1. The van der Waals surface area contributed by atoms with Crippen LogP contribution in [-0.4, -0.2) is 83.3 Å². The van der Waals surface area contributed by atoms with Crippen molar-refractivity contribution >= 4 is 50.3 Å². The number of hydrogen-bond donors (Lipinski definition) is 5. The second-order valence-electron chi connectivity index (χ2n) is 7.63. The van der Waals surface area contributed by atoms with E-state index in [0.29, 0.717) is 0 Å². The van der Waals surface area contributed by atoms with Gasteiger partial charge in [0.1, 0.15) is 18.1 Å². The maximum absolute atomic E-state index is 13.0. The zero-order valence-corrected chi connectivity index (χ0v) is 19.9. The quantitative estimate of drug-likeness (QED) is 0.0924. The molecule has 7 N–H and O–H groups in total. The van der Waals surface area contributed by atoms with Crippen LogP contribution in [-0.2, 0) is 42.6 Å². The number of amides is 2. The molecule has 1 saturated heterocycles. The minimum atomic E-state index is -4.96. The lowest BCUT2D eigenvalue weighted by molar-refractivity contribution is -0.161. The van der Waals surface area contributed by atoms with Crippen molar-refractivity contribution in [2.45, 2.75) is 44.6 Å². The first-order valence-electron chi connectivity index (χ1n) is 9.65. The number of nitrogens with two attached hydrogens (primary N) is 2. The van der Waals surface area contributed by atoms with Gasteiger partial charge in [-0.25, -0.2) is 19.1 Å². The highest BCUT2D eigenvalue weighted by Crippen LogP contribution is 2.25. The zero-order chi connectivity index (χ0) is 26.1. The van der Waals surface area contributed by atoms with E-state index in [-0.39, 0.29) is 34.0 Å². The van der Waals surface area contributed by atoms with Crippen molar-refractivity contribution in [3.63, 3.8) is 0 Å². The summed E-state index contributed by atoms with van der Waals surface area (Å²) >= 11 is 0.957. The van der Waals surface area contributed by atoms with Gasteiger partial charge >= 0.3 is 16.3 Å². The molecule has 0 radical (unpaired) electrons. The molecule has 0 bridgehead atoms. The molecule has 2 aromatic heterocycles. The van der Waals surface area contributed by atoms with Gasteiger partial charge in [0.15, 0.2) is 16.7 Å². The molecule has 0 spiro atoms. The molecule has 1 fully saturated rings. The number of aliphatic carboxylic acids is 1. The summed E-state index contributed by atoms with van der Waals surface area (Å²) in [6, 6.07) is -2.73. The van der Waals surface area contributed by atoms with Crippen molar-refractivity contribution in [1.82, 2.24) is 29.4 Å². The number of carbonyl (C=O) groups excluding carboxylic acids is 2. The van der Waals surface area contributed by atoms with Gasteiger partial charge in [-0.05, 0) is 13.8 Å². The minimum absolute atomic E-state index is 0.00205. The van der Waals surface area contributed by atoms with Crippen LogP contribution in [0.15, 0.2) is 16.9 Å². The molecule has 190 valence electrons. The number of rotatable bonds is 10. The second-order valence-corrected chi connectivity index (χ2v) is 9.81. The Balaban J connectivity index is 1.89. The van der Waals surface area contributed by atoms with Crippen LogP contribution in [0.5, 0.6) is 0 Å². The van der Waals surface area contributed by atoms with Gasteiger partial charge in [-0.1, -0.05) is 5.16 Å². The highest BCUT2D eigenvalue weighted by molar-refractivity contribution is 7.84. The number of nitrogens with one attached hydrogen (secondary N) is 1. The SMILES string of the molecule is CC(C)(ON=C(C(=O)N[C@@H]1C(=O)N(S(=O)(=O)O)[C@@H]1Cn1cnc(CN)n1)c1csc(N)n1)C(=O)O. The third-order valence-electron chi connectivity index (χ3n) is 4.70. The van der Waals surface area contributed by atoms with Gasteiger partial charge in [-0.2, -0.15) is 13.5 Å². The number of nitrogen functional groups attached to an aromatic ring is 1. The Kier molecular flexibility index (Phi) is 7.06. The average molecular weight is 532 g/mol. The number of anilines is 1. The predicted molar refractivity (Wildman–Crippen MR) is 118 cm³/mol. The largest absolute Gasteiger partial charge is 0.478 e. The Morgan fingerprint density at radius 1 is 1.40 bits per heavy atom. The number of aromatic nitrogens is 4. The highest BCUT2D eigenvalue weighted by atomic mass is 32.2. The third-order valence-corrected chi connectivity index (χ3v) is 6.33. The molecule has 3 heterocycles. The molecule has 2 amide bonds. The first-order chi connectivity index (χ1) is 16.2. The summed E-state index contributed by atoms with van der Waals surface area (Å²) in [4.78, 5) is 49.6. The van der Waals surface area contributed by atoms with Crippen molar-refractivity contribution < 1.29 is 37.3 Å². The number of oxime groups is 1. The van der Waals surface area contributed by atoms with Gasteiger partial charge < -0.3 is 26.7 Å². The van der Waals surface area contributed by atoms with E-state index < -0.39 is 51.5 Å². The van der Waals surface area contributed by atoms with E-state index in [2.05, 4.69) is 25.5 Å². The van der Waals surface area contributed by atoms with E-state index in [4.69, 9.17) is 16.3 Å². The Bertz CT molecular complexity index is 1290. The van der Waals surface area contributed by atoms with Gasteiger partial charge in [0.2, 0.25) is 5.60 Å². The van der Waals surface area contributed by atoms with Crippen molar-refractivity contribution in [2.24, 2.45) is 10.9 Å². The summed E-state index contributed by atoms with van der Waals surface area (Å²) in [5.74, 6) is -3.31. The number of hydrogen-bond acceptors (Lipinski definition) is 13. The second kappa shape index (κ2) is 9.52. The average Bonchev–Trinajstić information content (AvgIpc) is 3.39. The lowest BCUT2D eigenvalue weighted by Crippen LogP contribution is -2.73. The molecule has 0 saturated carbocycles. The number of β-lactam (4-membered cyclic amide) rings is 1. The first kappa shape index (κ1) is 25.9. The standard InChI is InChI=1S/C16H21N9O8S2/c1-16(2,14(28)29)33-23-10(7-5-34-15(18)20-7)12(26)21-11-8(25(13(11)27)35(30,31)32)4-24-6-19-9(3-17)22-24/h5-6,8,11H,3-4,17H2,1-2H3,(H2,18,20)(H,21,26)(H,28,29)(H,30,31,32)/t8-,11+/m1/s1. The third kappa shape index (κ3) is 5.53. The molecule has 19 heteroatoms. The molecule has 2 aromatic rings. The summed E-state index contributed by atoms with van der Waals surface area (Å²) in [7, 11) is -4.96. The van der Waals surface area contributed by atoms with E-state index >= 15 is 0 Å². The van der Waals surface area contributed by atoms with Crippen LogP contribution >= 0.6 is 11.3 Å². The van der Waals surface area contributed by atoms with E-state index in [1.54, 1.807) is 0 Å². The molecule has 0 unspecified atom stereocenters. The summed E-state index contributed by atoms with van der Waals surface area (Å²) in [5.41, 5.74) is 8.63. The van der Waals surface area contributed by atoms with Crippen molar-refractivity contribution in [3.05, 3.63) is 23.2 Å². The maximum atomic E-state index is 13.0.